The predicted molar refractivity (Wildman–Crippen MR) is 112 cm³/mol. The first-order valence-electron chi connectivity index (χ1n) is 9.43. The highest BCUT2D eigenvalue weighted by molar-refractivity contribution is 5.99. The Morgan fingerprint density at radius 1 is 0.828 bits per heavy atom. The first-order chi connectivity index (χ1) is 14.2. The molecular weight excluding hydrogens is 366 g/mol. The van der Waals surface area contributed by atoms with Gasteiger partial charge in [-0.05, 0) is 48.5 Å². The summed E-state index contributed by atoms with van der Waals surface area (Å²) in [6.45, 7) is 1.11. The van der Waals surface area contributed by atoms with Gasteiger partial charge >= 0.3 is 6.03 Å². The summed E-state index contributed by atoms with van der Waals surface area (Å²) in [5.74, 6) is 1.20. The molecule has 0 radical (unpaired) electrons. The number of amides is 3. The molecule has 6 heteroatoms. The van der Waals surface area contributed by atoms with Crippen LogP contribution in [0, 0.1) is 0 Å². The first-order valence-corrected chi connectivity index (χ1v) is 9.43. The average Bonchev–Trinajstić information content (AvgIpc) is 3.11. The van der Waals surface area contributed by atoms with Crippen molar-refractivity contribution in [2.24, 2.45) is 0 Å². The number of ether oxygens (including phenoxy) is 1. The van der Waals surface area contributed by atoms with Crippen molar-refractivity contribution < 1.29 is 14.3 Å². The van der Waals surface area contributed by atoms with E-state index in [9.17, 15) is 9.59 Å². The highest BCUT2D eigenvalue weighted by Crippen LogP contribution is 2.23. The molecule has 1 saturated heterocycles. The van der Waals surface area contributed by atoms with Gasteiger partial charge in [0, 0.05) is 24.5 Å². The number of urea groups is 1. The van der Waals surface area contributed by atoms with E-state index in [1.165, 1.54) is 0 Å². The van der Waals surface area contributed by atoms with Gasteiger partial charge in [-0.3, -0.25) is 9.69 Å². The van der Waals surface area contributed by atoms with Gasteiger partial charge < -0.3 is 15.0 Å². The van der Waals surface area contributed by atoms with Crippen LogP contribution in [-0.4, -0.2) is 36.5 Å². The van der Waals surface area contributed by atoms with Gasteiger partial charge in [0.15, 0.2) is 0 Å². The quantitative estimate of drug-likeness (QED) is 0.684. The van der Waals surface area contributed by atoms with Crippen molar-refractivity contribution in [1.82, 2.24) is 4.90 Å². The lowest BCUT2D eigenvalue weighted by Gasteiger charge is -2.18. The zero-order valence-corrected chi connectivity index (χ0v) is 15.8. The third kappa shape index (κ3) is 4.55. The van der Waals surface area contributed by atoms with Crippen LogP contribution in [0.2, 0.25) is 0 Å². The maximum atomic E-state index is 12.6. The number of anilines is 2. The van der Waals surface area contributed by atoms with Gasteiger partial charge in [-0.2, -0.15) is 0 Å². The summed E-state index contributed by atoms with van der Waals surface area (Å²) in [4.78, 5) is 28.2. The SMILES string of the molecule is O=C(CN1CCN(c2ccccc2)C1=O)Nc1ccc(Oc2ccccc2)cc1. The van der Waals surface area contributed by atoms with E-state index < -0.39 is 0 Å². The van der Waals surface area contributed by atoms with Crippen molar-refractivity contribution in [3.63, 3.8) is 0 Å². The van der Waals surface area contributed by atoms with Gasteiger partial charge in [0.25, 0.3) is 0 Å². The van der Waals surface area contributed by atoms with Crippen molar-refractivity contribution in [2.45, 2.75) is 0 Å². The minimum absolute atomic E-state index is 0.0183. The lowest BCUT2D eigenvalue weighted by atomic mass is 10.3. The van der Waals surface area contributed by atoms with Crippen molar-refractivity contribution >= 4 is 23.3 Å². The number of benzene rings is 3. The Balaban J connectivity index is 1.31. The van der Waals surface area contributed by atoms with E-state index in [-0.39, 0.29) is 18.5 Å². The van der Waals surface area contributed by atoms with Crippen molar-refractivity contribution in [1.29, 1.82) is 0 Å². The van der Waals surface area contributed by atoms with Gasteiger partial charge in [-0.25, -0.2) is 4.79 Å². The number of nitrogens with zero attached hydrogens (tertiary/aromatic N) is 2. The highest BCUT2D eigenvalue weighted by Gasteiger charge is 2.30. The zero-order chi connectivity index (χ0) is 20.1. The Morgan fingerprint density at radius 2 is 1.45 bits per heavy atom. The first kappa shape index (κ1) is 18.6. The summed E-state index contributed by atoms with van der Waals surface area (Å²) < 4.78 is 5.74. The summed E-state index contributed by atoms with van der Waals surface area (Å²) >= 11 is 0. The largest absolute Gasteiger partial charge is 0.457 e. The summed E-state index contributed by atoms with van der Waals surface area (Å²) in [6, 6.07) is 25.9. The molecule has 1 N–H and O–H groups in total. The summed E-state index contributed by atoms with van der Waals surface area (Å²) in [7, 11) is 0. The maximum Gasteiger partial charge on any atom is 0.325 e. The van der Waals surface area contributed by atoms with E-state index in [2.05, 4.69) is 5.32 Å². The molecule has 3 aromatic carbocycles. The Morgan fingerprint density at radius 3 is 2.14 bits per heavy atom. The number of carbonyl (C=O) groups excluding carboxylic acids is 2. The third-order valence-corrected chi connectivity index (χ3v) is 4.61. The standard InChI is InChI=1S/C23H21N3O3/c27-22(17-25-15-16-26(23(25)28)19-7-3-1-4-8-19)24-18-11-13-21(14-12-18)29-20-9-5-2-6-10-20/h1-14H,15-17H2,(H,24,27). The fourth-order valence-corrected chi connectivity index (χ4v) is 3.18. The summed E-state index contributed by atoms with van der Waals surface area (Å²) in [5.41, 5.74) is 1.50. The molecule has 6 nitrogen and oxygen atoms in total. The maximum absolute atomic E-state index is 12.6. The van der Waals surface area contributed by atoms with E-state index in [1.807, 2.05) is 60.7 Å². The molecule has 4 rings (SSSR count). The smallest absolute Gasteiger partial charge is 0.325 e. The Kier molecular flexibility index (Phi) is 5.42. The molecule has 0 spiro atoms. The van der Waals surface area contributed by atoms with Crippen LogP contribution in [0.25, 0.3) is 0 Å². The van der Waals surface area contributed by atoms with Crippen LogP contribution in [-0.2, 0) is 4.79 Å². The molecule has 1 heterocycles. The molecule has 0 aromatic heterocycles. The second-order valence-corrected chi connectivity index (χ2v) is 6.68. The molecule has 0 bridgehead atoms. The van der Waals surface area contributed by atoms with E-state index in [0.29, 0.717) is 24.5 Å². The predicted octanol–water partition coefficient (Wildman–Crippen LogP) is 4.36. The fraction of sp³-hybridized carbons (Fsp3) is 0.130. The van der Waals surface area contributed by atoms with Crippen molar-refractivity contribution in [2.75, 3.05) is 29.9 Å². The summed E-state index contributed by atoms with van der Waals surface area (Å²) in [5, 5.41) is 2.83. The van der Waals surface area contributed by atoms with Crippen LogP contribution in [0.3, 0.4) is 0 Å². The molecule has 0 unspecified atom stereocenters. The second-order valence-electron chi connectivity index (χ2n) is 6.68. The molecule has 29 heavy (non-hydrogen) atoms. The molecule has 1 aliphatic heterocycles. The lowest BCUT2D eigenvalue weighted by molar-refractivity contribution is -0.116. The number of para-hydroxylation sites is 2. The normalized spacial score (nSPS) is 13.4. The summed E-state index contributed by atoms with van der Waals surface area (Å²) in [6.07, 6.45) is 0. The van der Waals surface area contributed by atoms with Crippen LogP contribution in [0.4, 0.5) is 16.2 Å². The third-order valence-electron chi connectivity index (χ3n) is 4.61. The van der Waals surface area contributed by atoms with Gasteiger partial charge in [0.05, 0.1) is 0 Å². The fourth-order valence-electron chi connectivity index (χ4n) is 3.18. The molecule has 0 atom stereocenters. The van der Waals surface area contributed by atoms with Crippen LogP contribution in [0.1, 0.15) is 0 Å². The van der Waals surface area contributed by atoms with E-state index >= 15 is 0 Å². The van der Waals surface area contributed by atoms with Crippen LogP contribution in [0.5, 0.6) is 11.5 Å². The van der Waals surface area contributed by atoms with E-state index in [0.717, 1.165) is 11.4 Å². The van der Waals surface area contributed by atoms with Crippen molar-refractivity contribution in [3.05, 3.63) is 84.9 Å². The molecule has 0 aliphatic carbocycles. The molecule has 3 aromatic rings. The highest BCUT2D eigenvalue weighted by atomic mass is 16.5. The van der Waals surface area contributed by atoms with Gasteiger partial charge in [0.2, 0.25) is 5.91 Å². The van der Waals surface area contributed by atoms with Crippen LogP contribution < -0.4 is 15.0 Å². The number of rotatable bonds is 6. The van der Waals surface area contributed by atoms with E-state index in [4.69, 9.17) is 4.74 Å². The Bertz CT molecular complexity index is 975. The second kappa shape index (κ2) is 8.48. The van der Waals surface area contributed by atoms with Gasteiger partial charge in [0.1, 0.15) is 18.0 Å². The molecular formula is C23H21N3O3. The number of hydrogen-bond acceptors (Lipinski definition) is 3. The molecule has 1 aliphatic rings. The minimum atomic E-state index is -0.231. The molecule has 0 saturated carbocycles. The van der Waals surface area contributed by atoms with Crippen molar-refractivity contribution in [3.8, 4) is 11.5 Å². The topological polar surface area (TPSA) is 61.9 Å². The number of carbonyl (C=O) groups is 2. The Hall–Kier alpha value is -3.80. The van der Waals surface area contributed by atoms with E-state index in [1.54, 1.807) is 34.1 Å². The molecule has 3 amide bonds. The van der Waals surface area contributed by atoms with Gasteiger partial charge in [-0.15, -0.1) is 0 Å². The Labute approximate surface area is 169 Å². The van der Waals surface area contributed by atoms with Crippen LogP contribution in [0.15, 0.2) is 84.9 Å². The zero-order valence-electron chi connectivity index (χ0n) is 15.8. The number of nitrogens with one attached hydrogen (secondary N) is 1. The average molecular weight is 387 g/mol. The number of hydrogen-bond donors (Lipinski definition) is 1. The lowest BCUT2D eigenvalue weighted by Crippen LogP contribution is -2.37. The minimum Gasteiger partial charge on any atom is -0.457 e. The molecule has 1 fully saturated rings. The molecule has 146 valence electrons. The monoisotopic (exact) mass is 387 g/mol. The van der Waals surface area contributed by atoms with Gasteiger partial charge in [-0.1, -0.05) is 36.4 Å². The van der Waals surface area contributed by atoms with Crippen LogP contribution >= 0.6 is 0 Å².